The number of hydrogen-bond acceptors (Lipinski definition) is 4. The SMILES string of the molecule is CCNC(=NCc1nc(C)c(C)s1)N1CCCC(CC(N)=O)C1. The molecule has 1 fully saturated rings. The van der Waals surface area contributed by atoms with E-state index in [1.54, 1.807) is 11.3 Å². The number of aliphatic imine (C=N–C) groups is 1. The normalized spacial score (nSPS) is 19.0. The third-order valence-electron chi connectivity index (χ3n) is 4.08. The van der Waals surface area contributed by atoms with Crippen LogP contribution in [0.3, 0.4) is 0 Å². The Bertz CT molecular complexity index is 549. The molecule has 2 heterocycles. The first-order chi connectivity index (χ1) is 11.0. The number of carbonyl (C=O) groups is 1. The Hall–Kier alpha value is -1.63. The number of guanidine groups is 1. The monoisotopic (exact) mass is 337 g/mol. The van der Waals surface area contributed by atoms with E-state index < -0.39 is 0 Å². The number of hydrogen-bond donors (Lipinski definition) is 2. The molecule has 0 radical (unpaired) electrons. The smallest absolute Gasteiger partial charge is 0.217 e. The number of amides is 1. The van der Waals surface area contributed by atoms with E-state index in [1.807, 2.05) is 6.92 Å². The van der Waals surface area contributed by atoms with Gasteiger partial charge < -0.3 is 16.0 Å². The van der Waals surface area contributed by atoms with Gasteiger partial charge in [-0.15, -0.1) is 11.3 Å². The molecule has 0 aliphatic carbocycles. The van der Waals surface area contributed by atoms with Gasteiger partial charge in [0.25, 0.3) is 0 Å². The summed E-state index contributed by atoms with van der Waals surface area (Å²) in [5, 5.41) is 4.40. The van der Waals surface area contributed by atoms with E-state index in [0.717, 1.165) is 49.1 Å². The maximum atomic E-state index is 11.2. The Morgan fingerprint density at radius 1 is 1.52 bits per heavy atom. The fourth-order valence-electron chi connectivity index (χ4n) is 2.88. The van der Waals surface area contributed by atoms with Crippen molar-refractivity contribution in [1.29, 1.82) is 0 Å². The Labute approximate surface area is 142 Å². The molecule has 1 aliphatic heterocycles. The molecule has 1 amide bonds. The van der Waals surface area contributed by atoms with Crippen LogP contribution in [0.15, 0.2) is 4.99 Å². The first kappa shape index (κ1) is 17.7. The van der Waals surface area contributed by atoms with Crippen LogP contribution in [0.2, 0.25) is 0 Å². The van der Waals surface area contributed by atoms with Crippen molar-refractivity contribution >= 4 is 23.2 Å². The number of nitrogens with zero attached hydrogens (tertiary/aromatic N) is 3. The molecule has 6 nitrogen and oxygen atoms in total. The third kappa shape index (κ3) is 5.20. The van der Waals surface area contributed by atoms with Crippen LogP contribution < -0.4 is 11.1 Å². The summed E-state index contributed by atoms with van der Waals surface area (Å²) in [6, 6.07) is 0. The lowest BCUT2D eigenvalue weighted by atomic mass is 9.95. The number of rotatable bonds is 5. The van der Waals surface area contributed by atoms with E-state index >= 15 is 0 Å². The number of piperidine rings is 1. The molecule has 0 aromatic carbocycles. The molecular weight excluding hydrogens is 310 g/mol. The van der Waals surface area contributed by atoms with Gasteiger partial charge >= 0.3 is 0 Å². The molecule has 0 saturated carbocycles. The predicted molar refractivity (Wildman–Crippen MR) is 94.5 cm³/mol. The van der Waals surface area contributed by atoms with E-state index in [2.05, 4.69) is 29.0 Å². The molecule has 1 atom stereocenters. The minimum Gasteiger partial charge on any atom is -0.370 e. The topological polar surface area (TPSA) is 83.6 Å². The molecule has 1 saturated heterocycles. The Morgan fingerprint density at radius 2 is 2.30 bits per heavy atom. The molecule has 128 valence electrons. The summed E-state index contributed by atoms with van der Waals surface area (Å²) in [7, 11) is 0. The van der Waals surface area contributed by atoms with E-state index in [1.165, 1.54) is 4.88 Å². The summed E-state index contributed by atoms with van der Waals surface area (Å²) in [6.45, 7) is 9.41. The number of nitrogens with two attached hydrogens (primary N) is 1. The van der Waals surface area contributed by atoms with Gasteiger partial charge in [-0.25, -0.2) is 9.98 Å². The highest BCUT2D eigenvalue weighted by Crippen LogP contribution is 2.20. The van der Waals surface area contributed by atoms with Crippen molar-refractivity contribution in [2.75, 3.05) is 19.6 Å². The quantitative estimate of drug-likeness (QED) is 0.634. The number of aromatic nitrogens is 1. The zero-order valence-electron chi connectivity index (χ0n) is 14.3. The standard InChI is InChI=1S/C16H27N5OS/c1-4-18-16(19-9-15-20-11(2)12(3)23-15)21-7-5-6-13(10-21)8-14(17)22/h13H,4-10H2,1-3H3,(H2,17,22)(H,18,19). The number of thiazole rings is 1. The summed E-state index contributed by atoms with van der Waals surface area (Å²) >= 11 is 1.70. The van der Waals surface area contributed by atoms with E-state index in [4.69, 9.17) is 10.7 Å². The van der Waals surface area contributed by atoms with Gasteiger partial charge in [-0.1, -0.05) is 0 Å². The molecule has 7 heteroatoms. The second-order valence-electron chi connectivity index (χ2n) is 6.04. The fourth-order valence-corrected chi connectivity index (χ4v) is 3.74. The number of aryl methyl sites for hydroxylation is 2. The van der Waals surface area contributed by atoms with Crippen LogP contribution in [-0.2, 0) is 11.3 Å². The molecular formula is C16H27N5OS. The molecule has 1 aliphatic rings. The second-order valence-corrected chi connectivity index (χ2v) is 7.33. The minimum atomic E-state index is -0.215. The van der Waals surface area contributed by atoms with E-state index in [-0.39, 0.29) is 5.91 Å². The van der Waals surface area contributed by atoms with Crippen LogP contribution in [0.25, 0.3) is 0 Å². The van der Waals surface area contributed by atoms with Crippen LogP contribution >= 0.6 is 11.3 Å². The fraction of sp³-hybridized carbons (Fsp3) is 0.688. The van der Waals surface area contributed by atoms with Crippen molar-refractivity contribution in [2.24, 2.45) is 16.6 Å². The molecule has 1 aromatic heterocycles. The van der Waals surface area contributed by atoms with Crippen LogP contribution in [-0.4, -0.2) is 41.4 Å². The lowest BCUT2D eigenvalue weighted by molar-refractivity contribution is -0.119. The maximum Gasteiger partial charge on any atom is 0.217 e. The molecule has 3 N–H and O–H groups in total. The van der Waals surface area contributed by atoms with Crippen LogP contribution in [0.1, 0.15) is 41.8 Å². The van der Waals surface area contributed by atoms with Gasteiger partial charge in [-0.3, -0.25) is 4.79 Å². The summed E-state index contributed by atoms with van der Waals surface area (Å²) in [5.74, 6) is 1.02. The average Bonchev–Trinajstić information content (AvgIpc) is 2.82. The molecule has 0 spiro atoms. The summed E-state index contributed by atoms with van der Waals surface area (Å²) in [4.78, 5) is 23.9. The van der Waals surface area contributed by atoms with Crippen molar-refractivity contribution < 1.29 is 4.79 Å². The zero-order chi connectivity index (χ0) is 16.8. The van der Waals surface area contributed by atoms with Gasteiger partial charge in [-0.05, 0) is 39.5 Å². The van der Waals surface area contributed by atoms with Crippen molar-refractivity contribution in [1.82, 2.24) is 15.2 Å². The highest BCUT2D eigenvalue weighted by atomic mass is 32.1. The van der Waals surface area contributed by atoms with Gasteiger partial charge in [0.2, 0.25) is 5.91 Å². The minimum absolute atomic E-state index is 0.215. The van der Waals surface area contributed by atoms with Gasteiger partial charge in [0.05, 0.1) is 12.2 Å². The number of carbonyl (C=O) groups excluding carboxylic acids is 1. The Balaban J connectivity index is 2.04. The maximum absolute atomic E-state index is 11.2. The highest BCUT2D eigenvalue weighted by molar-refractivity contribution is 7.11. The molecule has 2 rings (SSSR count). The van der Waals surface area contributed by atoms with Crippen molar-refractivity contribution in [3.05, 3.63) is 15.6 Å². The first-order valence-corrected chi connectivity index (χ1v) is 9.05. The van der Waals surface area contributed by atoms with Crippen LogP contribution in [0.5, 0.6) is 0 Å². The summed E-state index contributed by atoms with van der Waals surface area (Å²) in [5.41, 5.74) is 6.43. The second kappa shape index (κ2) is 8.29. The van der Waals surface area contributed by atoms with E-state index in [9.17, 15) is 4.79 Å². The first-order valence-electron chi connectivity index (χ1n) is 8.24. The van der Waals surface area contributed by atoms with Crippen molar-refractivity contribution in [3.8, 4) is 0 Å². The lowest BCUT2D eigenvalue weighted by Gasteiger charge is -2.34. The Kier molecular flexibility index (Phi) is 6.38. The largest absolute Gasteiger partial charge is 0.370 e. The highest BCUT2D eigenvalue weighted by Gasteiger charge is 2.23. The number of nitrogens with one attached hydrogen (secondary N) is 1. The average molecular weight is 337 g/mol. The Morgan fingerprint density at radius 3 is 2.91 bits per heavy atom. The summed E-state index contributed by atoms with van der Waals surface area (Å²) in [6.07, 6.45) is 2.59. The molecule has 1 unspecified atom stereocenters. The third-order valence-corrected chi connectivity index (χ3v) is 5.14. The van der Waals surface area contributed by atoms with Gasteiger partial charge in [0, 0.05) is 30.9 Å². The zero-order valence-corrected chi connectivity index (χ0v) is 15.1. The summed E-state index contributed by atoms with van der Waals surface area (Å²) < 4.78 is 0. The molecule has 23 heavy (non-hydrogen) atoms. The lowest BCUT2D eigenvalue weighted by Crippen LogP contribution is -2.47. The molecule has 1 aromatic rings. The number of likely N-dealkylation sites (tertiary alicyclic amines) is 1. The van der Waals surface area contributed by atoms with Crippen molar-refractivity contribution in [2.45, 2.75) is 46.6 Å². The number of primary amides is 1. The predicted octanol–water partition coefficient (Wildman–Crippen LogP) is 1.81. The van der Waals surface area contributed by atoms with Crippen LogP contribution in [0.4, 0.5) is 0 Å². The van der Waals surface area contributed by atoms with Gasteiger partial charge in [0.15, 0.2) is 5.96 Å². The molecule has 0 bridgehead atoms. The van der Waals surface area contributed by atoms with Gasteiger partial charge in [0.1, 0.15) is 5.01 Å². The van der Waals surface area contributed by atoms with E-state index in [0.29, 0.717) is 18.9 Å². The van der Waals surface area contributed by atoms with Gasteiger partial charge in [-0.2, -0.15) is 0 Å². The van der Waals surface area contributed by atoms with Crippen molar-refractivity contribution in [3.63, 3.8) is 0 Å². The van der Waals surface area contributed by atoms with Crippen LogP contribution in [0, 0.1) is 19.8 Å².